The Morgan fingerprint density at radius 2 is 1.75 bits per heavy atom. The van der Waals surface area contributed by atoms with Gasteiger partial charge in [-0.2, -0.15) is 0 Å². The van der Waals surface area contributed by atoms with Gasteiger partial charge in [0, 0.05) is 17.9 Å². The van der Waals surface area contributed by atoms with Crippen LogP contribution in [0.1, 0.15) is 52.9 Å². The molecule has 1 atom stereocenters. The first-order valence-corrected chi connectivity index (χ1v) is 7.83. The number of hydrogen-bond donors (Lipinski definition) is 0. The van der Waals surface area contributed by atoms with Crippen LogP contribution in [0.25, 0.3) is 0 Å². The molecule has 0 aliphatic heterocycles. The molecule has 0 saturated heterocycles. The van der Waals surface area contributed by atoms with Crippen LogP contribution in [0.4, 0.5) is 0 Å². The first-order valence-electron chi connectivity index (χ1n) is 6.71. The molecule has 0 spiro atoms. The van der Waals surface area contributed by atoms with Crippen LogP contribution in [-0.4, -0.2) is 29.9 Å². The van der Waals surface area contributed by atoms with E-state index < -0.39 is 0 Å². The van der Waals surface area contributed by atoms with Crippen molar-refractivity contribution >= 4 is 15.9 Å². The number of alkyl halides is 1. The van der Waals surface area contributed by atoms with Gasteiger partial charge in [0.05, 0.1) is 0 Å². The van der Waals surface area contributed by atoms with Gasteiger partial charge in [-0.3, -0.25) is 0 Å². The SMILES string of the molecule is CN(CC(CBr)C(C)(C)C)C1CCCCC1. The molecule has 1 unspecified atom stereocenters. The molecule has 0 heterocycles. The largest absolute Gasteiger partial charge is 0.303 e. The van der Waals surface area contributed by atoms with Crippen molar-refractivity contribution in [2.75, 3.05) is 18.9 Å². The molecule has 0 amide bonds. The minimum absolute atomic E-state index is 0.409. The van der Waals surface area contributed by atoms with Gasteiger partial charge in [0.2, 0.25) is 0 Å². The third-order valence-electron chi connectivity index (χ3n) is 4.12. The van der Waals surface area contributed by atoms with E-state index in [1.165, 1.54) is 38.6 Å². The molecule has 1 saturated carbocycles. The van der Waals surface area contributed by atoms with Crippen molar-refractivity contribution in [3.8, 4) is 0 Å². The maximum absolute atomic E-state index is 3.68. The van der Waals surface area contributed by atoms with Crippen LogP contribution < -0.4 is 0 Å². The third kappa shape index (κ3) is 4.37. The highest BCUT2D eigenvalue weighted by Gasteiger charge is 2.27. The molecule has 0 aromatic carbocycles. The molecule has 0 bridgehead atoms. The summed E-state index contributed by atoms with van der Waals surface area (Å²) in [6.45, 7) is 8.30. The minimum Gasteiger partial charge on any atom is -0.303 e. The zero-order valence-corrected chi connectivity index (χ0v) is 13.0. The van der Waals surface area contributed by atoms with Crippen LogP contribution in [-0.2, 0) is 0 Å². The van der Waals surface area contributed by atoms with Crippen molar-refractivity contribution in [1.82, 2.24) is 4.90 Å². The van der Waals surface area contributed by atoms with Crippen molar-refractivity contribution in [3.63, 3.8) is 0 Å². The Bertz CT molecular complexity index is 191. The minimum atomic E-state index is 0.409. The van der Waals surface area contributed by atoms with E-state index in [2.05, 4.69) is 48.6 Å². The standard InChI is InChI=1S/C14H28BrN/c1-14(2,3)12(10-15)11-16(4)13-8-6-5-7-9-13/h12-13H,5-11H2,1-4H3. The number of nitrogens with zero attached hydrogens (tertiary/aromatic N) is 1. The van der Waals surface area contributed by atoms with Gasteiger partial charge >= 0.3 is 0 Å². The van der Waals surface area contributed by atoms with Crippen LogP contribution in [0.3, 0.4) is 0 Å². The van der Waals surface area contributed by atoms with E-state index in [0.29, 0.717) is 5.41 Å². The highest BCUT2D eigenvalue weighted by Crippen LogP contribution is 2.30. The van der Waals surface area contributed by atoms with E-state index in [4.69, 9.17) is 0 Å². The van der Waals surface area contributed by atoms with E-state index in [-0.39, 0.29) is 0 Å². The monoisotopic (exact) mass is 289 g/mol. The molecule has 0 N–H and O–H groups in total. The highest BCUT2D eigenvalue weighted by molar-refractivity contribution is 9.09. The summed E-state index contributed by atoms with van der Waals surface area (Å²) >= 11 is 3.68. The molecule has 1 aliphatic rings. The number of hydrogen-bond acceptors (Lipinski definition) is 1. The van der Waals surface area contributed by atoms with Gasteiger partial charge in [0.1, 0.15) is 0 Å². The zero-order chi connectivity index (χ0) is 12.2. The fourth-order valence-electron chi connectivity index (χ4n) is 2.57. The molecule has 0 radical (unpaired) electrons. The van der Waals surface area contributed by atoms with E-state index >= 15 is 0 Å². The lowest BCUT2D eigenvalue weighted by Crippen LogP contribution is -2.40. The topological polar surface area (TPSA) is 3.24 Å². The Hall–Kier alpha value is 0.440. The van der Waals surface area contributed by atoms with Crippen LogP contribution in [0.2, 0.25) is 0 Å². The molecule has 1 nitrogen and oxygen atoms in total. The van der Waals surface area contributed by atoms with E-state index in [0.717, 1.165) is 17.3 Å². The lowest BCUT2D eigenvalue weighted by atomic mass is 9.81. The van der Waals surface area contributed by atoms with E-state index in [1.807, 2.05) is 0 Å². The summed E-state index contributed by atoms with van der Waals surface area (Å²) in [6, 6.07) is 0.845. The molecule has 16 heavy (non-hydrogen) atoms. The van der Waals surface area contributed by atoms with Crippen molar-refractivity contribution in [3.05, 3.63) is 0 Å². The normalized spacial score (nSPS) is 21.4. The van der Waals surface area contributed by atoms with Crippen LogP contribution in [0, 0.1) is 11.3 Å². The first-order chi connectivity index (χ1) is 7.45. The van der Waals surface area contributed by atoms with Gasteiger partial charge in [-0.05, 0) is 31.2 Å². The number of rotatable bonds is 4. The summed E-state index contributed by atoms with van der Waals surface area (Å²) in [6.07, 6.45) is 7.14. The Kier molecular flexibility index (Phi) is 5.79. The maximum Gasteiger partial charge on any atom is 0.00923 e. The quantitative estimate of drug-likeness (QED) is 0.697. The molecular weight excluding hydrogens is 262 g/mol. The van der Waals surface area contributed by atoms with Crippen molar-refractivity contribution in [2.24, 2.45) is 11.3 Å². The molecule has 1 aliphatic carbocycles. The summed E-state index contributed by atoms with van der Waals surface area (Å²) in [5.41, 5.74) is 0.409. The van der Waals surface area contributed by atoms with Gasteiger partial charge in [-0.1, -0.05) is 56.0 Å². The van der Waals surface area contributed by atoms with Crippen molar-refractivity contribution in [1.29, 1.82) is 0 Å². The van der Waals surface area contributed by atoms with Gasteiger partial charge in [-0.25, -0.2) is 0 Å². The molecule has 1 rings (SSSR count). The second-order valence-corrected chi connectivity index (χ2v) is 7.10. The van der Waals surface area contributed by atoms with Gasteiger partial charge in [0.25, 0.3) is 0 Å². The molecule has 0 aromatic rings. The van der Waals surface area contributed by atoms with E-state index in [9.17, 15) is 0 Å². The zero-order valence-electron chi connectivity index (χ0n) is 11.4. The van der Waals surface area contributed by atoms with Crippen LogP contribution in [0.5, 0.6) is 0 Å². The average molecular weight is 290 g/mol. The van der Waals surface area contributed by atoms with E-state index in [1.54, 1.807) is 0 Å². The molecular formula is C14H28BrN. The predicted molar refractivity (Wildman–Crippen MR) is 76.2 cm³/mol. The molecule has 1 fully saturated rings. The second-order valence-electron chi connectivity index (χ2n) is 6.45. The number of halogens is 1. The Balaban J connectivity index is 2.44. The van der Waals surface area contributed by atoms with Gasteiger partial charge < -0.3 is 4.90 Å². The predicted octanol–water partition coefficient (Wildman–Crippen LogP) is 4.31. The smallest absolute Gasteiger partial charge is 0.00923 e. The molecule has 96 valence electrons. The fraction of sp³-hybridized carbons (Fsp3) is 1.00. The Labute approximate surface area is 110 Å². The summed E-state index contributed by atoms with van der Waals surface area (Å²) in [7, 11) is 2.32. The van der Waals surface area contributed by atoms with Crippen molar-refractivity contribution in [2.45, 2.75) is 58.9 Å². The maximum atomic E-state index is 3.68. The lowest BCUT2D eigenvalue weighted by molar-refractivity contribution is 0.129. The molecule has 0 aromatic heterocycles. The third-order valence-corrected chi connectivity index (χ3v) is 4.90. The Morgan fingerprint density at radius 3 is 2.19 bits per heavy atom. The van der Waals surface area contributed by atoms with Gasteiger partial charge in [0.15, 0.2) is 0 Å². The highest BCUT2D eigenvalue weighted by atomic mass is 79.9. The summed E-state index contributed by atoms with van der Waals surface area (Å²) < 4.78 is 0. The summed E-state index contributed by atoms with van der Waals surface area (Å²) in [5, 5.41) is 1.12. The Morgan fingerprint density at radius 1 is 1.19 bits per heavy atom. The first kappa shape index (κ1) is 14.5. The average Bonchev–Trinajstić information content (AvgIpc) is 2.25. The fourth-order valence-corrected chi connectivity index (χ4v) is 3.75. The summed E-state index contributed by atoms with van der Waals surface area (Å²) in [4.78, 5) is 2.61. The molecule has 2 heteroatoms. The second kappa shape index (κ2) is 6.39. The van der Waals surface area contributed by atoms with Crippen LogP contribution in [0.15, 0.2) is 0 Å². The lowest BCUT2D eigenvalue weighted by Gasteiger charge is -2.37. The van der Waals surface area contributed by atoms with Gasteiger partial charge in [-0.15, -0.1) is 0 Å². The summed E-state index contributed by atoms with van der Waals surface area (Å²) in [5.74, 6) is 0.749. The van der Waals surface area contributed by atoms with Crippen molar-refractivity contribution < 1.29 is 0 Å². The van der Waals surface area contributed by atoms with Crippen LogP contribution >= 0.6 is 15.9 Å².